The number of benzene rings is 2. The number of hydrogen-bond acceptors (Lipinski definition) is 4. The number of anilines is 1. The molecular weight excluding hydrogens is 370 g/mol. The summed E-state index contributed by atoms with van der Waals surface area (Å²) in [7, 11) is 0. The van der Waals surface area contributed by atoms with Gasteiger partial charge in [-0.25, -0.2) is 4.98 Å². The molecular formula is C22H26N3O2S+. The van der Waals surface area contributed by atoms with Gasteiger partial charge in [-0.1, -0.05) is 53.8 Å². The number of hydrogen-bond donors (Lipinski definition) is 1. The third kappa shape index (κ3) is 4.76. The highest BCUT2D eigenvalue weighted by Gasteiger charge is 2.21. The van der Waals surface area contributed by atoms with Gasteiger partial charge in [0.2, 0.25) is 5.91 Å². The van der Waals surface area contributed by atoms with E-state index in [1.807, 2.05) is 53.4 Å². The smallest absolute Gasteiger partial charge is 0.233 e. The Hall–Kier alpha value is -2.28. The first-order chi connectivity index (χ1) is 13.8. The number of ether oxygens (including phenoxy) is 1. The molecule has 0 aliphatic carbocycles. The van der Waals surface area contributed by atoms with E-state index in [-0.39, 0.29) is 5.91 Å². The van der Waals surface area contributed by atoms with Gasteiger partial charge in [0.05, 0.1) is 36.4 Å². The van der Waals surface area contributed by atoms with Crippen molar-refractivity contribution in [2.45, 2.75) is 12.8 Å². The topological polar surface area (TPSA) is 46.9 Å². The van der Waals surface area contributed by atoms with E-state index in [1.54, 1.807) is 16.2 Å². The van der Waals surface area contributed by atoms with Gasteiger partial charge in [-0.2, -0.15) is 0 Å². The predicted molar refractivity (Wildman–Crippen MR) is 113 cm³/mol. The van der Waals surface area contributed by atoms with Gasteiger partial charge in [-0.05, 0) is 17.7 Å². The molecule has 0 atom stereocenters. The third-order valence-electron chi connectivity index (χ3n) is 5.12. The first-order valence-corrected chi connectivity index (χ1v) is 10.7. The van der Waals surface area contributed by atoms with Crippen LogP contribution in [0.4, 0.5) is 5.13 Å². The quantitative estimate of drug-likeness (QED) is 0.666. The van der Waals surface area contributed by atoms with Crippen LogP contribution >= 0.6 is 11.3 Å². The van der Waals surface area contributed by atoms with Crippen LogP contribution in [0.5, 0.6) is 0 Å². The largest absolute Gasteiger partial charge is 0.370 e. The fraction of sp³-hybridized carbons (Fsp3) is 0.364. The molecule has 1 aromatic heterocycles. The lowest BCUT2D eigenvalue weighted by molar-refractivity contribution is -0.908. The summed E-state index contributed by atoms with van der Waals surface area (Å²) in [6.45, 7) is 5.55. The van der Waals surface area contributed by atoms with Gasteiger partial charge in [0, 0.05) is 13.0 Å². The molecule has 2 aromatic carbocycles. The molecule has 6 heteroatoms. The number of rotatable bonds is 7. The van der Waals surface area contributed by atoms with Crippen LogP contribution in [0, 0.1) is 0 Å². The van der Waals surface area contributed by atoms with Crippen LogP contribution in [0.1, 0.15) is 12.0 Å². The number of nitrogens with one attached hydrogen (secondary N) is 1. The SMILES string of the molecule is O=C(Cc1ccccc1)N(CCC[NH+]1CCOCC1)c1nc2ccccc2s1. The number of amides is 1. The van der Waals surface area contributed by atoms with Gasteiger partial charge in [0.15, 0.2) is 5.13 Å². The highest BCUT2D eigenvalue weighted by Crippen LogP contribution is 2.29. The van der Waals surface area contributed by atoms with E-state index in [2.05, 4.69) is 6.07 Å². The summed E-state index contributed by atoms with van der Waals surface area (Å²) in [6.07, 6.45) is 1.37. The number of fused-ring (bicyclic) bond motifs is 1. The average Bonchev–Trinajstić information content (AvgIpc) is 3.16. The van der Waals surface area contributed by atoms with Crippen LogP contribution in [0.2, 0.25) is 0 Å². The molecule has 1 aliphatic heterocycles. The molecule has 4 rings (SSSR count). The summed E-state index contributed by atoms with van der Waals surface area (Å²) < 4.78 is 6.56. The lowest BCUT2D eigenvalue weighted by Gasteiger charge is -2.25. The summed E-state index contributed by atoms with van der Waals surface area (Å²) in [5.74, 6) is 0.113. The predicted octanol–water partition coefficient (Wildman–Crippen LogP) is 2.18. The van der Waals surface area contributed by atoms with Crippen LogP contribution in [0.25, 0.3) is 10.2 Å². The van der Waals surface area contributed by atoms with E-state index in [1.165, 1.54) is 0 Å². The van der Waals surface area contributed by atoms with E-state index in [9.17, 15) is 4.79 Å². The maximum Gasteiger partial charge on any atom is 0.233 e. The van der Waals surface area contributed by atoms with Crippen LogP contribution in [0.3, 0.4) is 0 Å². The lowest BCUT2D eigenvalue weighted by atomic mass is 10.1. The van der Waals surface area contributed by atoms with Gasteiger partial charge < -0.3 is 9.64 Å². The number of para-hydroxylation sites is 1. The third-order valence-corrected chi connectivity index (χ3v) is 6.18. The number of carbonyl (C=O) groups is 1. The van der Waals surface area contributed by atoms with Crippen molar-refractivity contribution in [1.82, 2.24) is 4.98 Å². The maximum atomic E-state index is 13.1. The van der Waals surface area contributed by atoms with E-state index < -0.39 is 0 Å². The van der Waals surface area contributed by atoms with Crippen LogP contribution in [0.15, 0.2) is 54.6 Å². The molecule has 146 valence electrons. The van der Waals surface area contributed by atoms with E-state index in [4.69, 9.17) is 9.72 Å². The Morgan fingerprint density at radius 3 is 2.61 bits per heavy atom. The van der Waals surface area contributed by atoms with E-state index in [0.717, 1.165) is 60.2 Å². The highest BCUT2D eigenvalue weighted by atomic mass is 32.1. The summed E-state index contributed by atoms with van der Waals surface area (Å²) in [4.78, 5) is 21.3. The molecule has 5 nitrogen and oxygen atoms in total. The number of nitrogens with zero attached hydrogens (tertiary/aromatic N) is 2. The van der Waals surface area contributed by atoms with Crippen molar-refractivity contribution in [2.75, 3.05) is 44.3 Å². The summed E-state index contributed by atoms with van der Waals surface area (Å²) in [5, 5.41) is 0.805. The standard InChI is InChI=1S/C22H25N3O2S/c26-21(17-18-7-2-1-3-8-18)25(12-6-11-24-13-15-27-16-14-24)22-23-19-9-4-5-10-20(19)28-22/h1-5,7-10H,6,11-17H2/p+1. The zero-order valence-electron chi connectivity index (χ0n) is 16.0. The normalized spacial score (nSPS) is 15.0. The van der Waals surface area contributed by atoms with Crippen LogP contribution < -0.4 is 9.80 Å². The molecule has 2 heterocycles. The second-order valence-corrected chi connectivity index (χ2v) is 8.15. The molecule has 1 N–H and O–H groups in total. The minimum absolute atomic E-state index is 0.113. The molecule has 0 radical (unpaired) electrons. The Kier molecular flexibility index (Phi) is 6.31. The molecule has 0 bridgehead atoms. The number of carbonyl (C=O) groups excluding carboxylic acids is 1. The molecule has 1 amide bonds. The van der Waals surface area contributed by atoms with Gasteiger partial charge in [0.1, 0.15) is 13.1 Å². The molecule has 1 saturated heterocycles. The monoisotopic (exact) mass is 396 g/mol. The zero-order chi connectivity index (χ0) is 19.2. The van der Waals surface area contributed by atoms with Crippen molar-refractivity contribution in [1.29, 1.82) is 0 Å². The van der Waals surface area contributed by atoms with Crippen LogP contribution in [-0.2, 0) is 16.0 Å². The number of morpholine rings is 1. The molecule has 0 spiro atoms. The molecule has 0 saturated carbocycles. The van der Waals surface area contributed by atoms with E-state index >= 15 is 0 Å². The Morgan fingerprint density at radius 1 is 1.07 bits per heavy atom. The van der Waals surface area contributed by atoms with Crippen molar-refractivity contribution in [3.63, 3.8) is 0 Å². The van der Waals surface area contributed by atoms with Gasteiger partial charge in [-0.15, -0.1) is 0 Å². The fourth-order valence-electron chi connectivity index (χ4n) is 3.57. The Labute approximate surface area is 169 Å². The van der Waals surface area contributed by atoms with Crippen molar-refractivity contribution in [2.24, 2.45) is 0 Å². The van der Waals surface area contributed by atoms with E-state index in [0.29, 0.717) is 13.0 Å². The first-order valence-electron chi connectivity index (χ1n) is 9.91. The van der Waals surface area contributed by atoms with Gasteiger partial charge in [0.25, 0.3) is 0 Å². The van der Waals surface area contributed by atoms with Crippen LogP contribution in [-0.4, -0.2) is 50.3 Å². The number of aromatic nitrogens is 1. The minimum Gasteiger partial charge on any atom is -0.370 e. The summed E-state index contributed by atoms with van der Waals surface area (Å²) >= 11 is 1.60. The van der Waals surface area contributed by atoms with Crippen molar-refractivity contribution in [3.8, 4) is 0 Å². The second kappa shape index (κ2) is 9.28. The van der Waals surface area contributed by atoms with Gasteiger partial charge >= 0.3 is 0 Å². The Balaban J connectivity index is 1.48. The lowest BCUT2D eigenvalue weighted by Crippen LogP contribution is -3.14. The zero-order valence-corrected chi connectivity index (χ0v) is 16.8. The molecule has 1 fully saturated rings. The molecule has 0 unspecified atom stereocenters. The maximum absolute atomic E-state index is 13.1. The first kappa shape index (κ1) is 19.1. The Morgan fingerprint density at radius 2 is 1.82 bits per heavy atom. The summed E-state index contributed by atoms with van der Waals surface area (Å²) in [5.41, 5.74) is 2.00. The Bertz CT molecular complexity index is 873. The minimum atomic E-state index is 0.113. The molecule has 1 aliphatic rings. The molecule has 28 heavy (non-hydrogen) atoms. The molecule has 3 aromatic rings. The number of thiazole rings is 1. The second-order valence-electron chi connectivity index (χ2n) is 7.14. The van der Waals surface area contributed by atoms with Gasteiger partial charge in [-0.3, -0.25) is 9.69 Å². The van der Waals surface area contributed by atoms with Crippen molar-refractivity contribution < 1.29 is 14.4 Å². The van der Waals surface area contributed by atoms with Crippen molar-refractivity contribution >= 4 is 32.6 Å². The fourth-order valence-corrected chi connectivity index (χ4v) is 4.57. The average molecular weight is 397 g/mol. The van der Waals surface area contributed by atoms with Crippen molar-refractivity contribution in [3.05, 3.63) is 60.2 Å². The number of quaternary nitrogens is 1. The summed E-state index contributed by atoms with van der Waals surface area (Å²) in [6, 6.07) is 18.0. The highest BCUT2D eigenvalue weighted by molar-refractivity contribution is 7.22.